The summed E-state index contributed by atoms with van der Waals surface area (Å²) >= 11 is 0. The van der Waals surface area contributed by atoms with Gasteiger partial charge in [-0.2, -0.15) is 17.6 Å². The highest BCUT2D eigenvalue weighted by molar-refractivity contribution is 5.73. The van der Waals surface area contributed by atoms with Gasteiger partial charge in [-0.3, -0.25) is 4.79 Å². The van der Waals surface area contributed by atoms with E-state index < -0.39 is 47.8 Å². The number of esters is 1. The van der Waals surface area contributed by atoms with Gasteiger partial charge in [-0.1, -0.05) is 0 Å². The fourth-order valence-corrected chi connectivity index (χ4v) is 1.39. The average molecular weight is 287 g/mol. The van der Waals surface area contributed by atoms with Gasteiger partial charge in [0.2, 0.25) is 5.95 Å². The minimum atomic E-state index is -5.09. The Hall–Kier alpha value is -1.80. The van der Waals surface area contributed by atoms with E-state index in [1.54, 1.807) is 0 Å². The highest BCUT2D eigenvalue weighted by Gasteiger charge is 2.37. The van der Waals surface area contributed by atoms with Crippen LogP contribution in [0.25, 0.3) is 0 Å². The largest absolute Gasteiger partial charge is 0.469 e. The standard InChI is InChI=1S/C10H7F6NO2/c1-19-7(18)2-4-5(10(14,15)16)3-6(11)17-8(4)9(12)13/h3,9H,2H2,1H3. The summed E-state index contributed by atoms with van der Waals surface area (Å²) in [5, 5.41) is 0. The monoisotopic (exact) mass is 287 g/mol. The van der Waals surface area contributed by atoms with Crippen molar-refractivity contribution in [3.63, 3.8) is 0 Å². The van der Waals surface area contributed by atoms with E-state index in [1.165, 1.54) is 0 Å². The number of pyridine rings is 1. The molecule has 0 saturated heterocycles. The van der Waals surface area contributed by atoms with Crippen LogP contribution in [-0.2, 0) is 22.1 Å². The number of rotatable bonds is 3. The third-order valence-corrected chi connectivity index (χ3v) is 2.19. The summed E-state index contributed by atoms with van der Waals surface area (Å²) < 4.78 is 80.0. The van der Waals surface area contributed by atoms with Gasteiger partial charge in [0.25, 0.3) is 6.43 Å². The number of alkyl halides is 5. The van der Waals surface area contributed by atoms with Crippen molar-refractivity contribution in [1.29, 1.82) is 0 Å². The molecule has 0 bridgehead atoms. The molecule has 106 valence electrons. The van der Waals surface area contributed by atoms with Crippen LogP contribution in [0.3, 0.4) is 0 Å². The maximum Gasteiger partial charge on any atom is 0.416 e. The van der Waals surface area contributed by atoms with Crippen molar-refractivity contribution >= 4 is 5.97 Å². The summed E-state index contributed by atoms with van der Waals surface area (Å²) in [5.41, 5.74) is -4.17. The Morgan fingerprint density at radius 2 is 2.00 bits per heavy atom. The van der Waals surface area contributed by atoms with E-state index in [0.29, 0.717) is 0 Å². The topological polar surface area (TPSA) is 39.2 Å². The molecule has 0 unspecified atom stereocenters. The molecule has 19 heavy (non-hydrogen) atoms. The van der Waals surface area contributed by atoms with Gasteiger partial charge in [0.05, 0.1) is 19.1 Å². The smallest absolute Gasteiger partial charge is 0.416 e. The predicted octanol–water partition coefficient (Wildman–Crippen LogP) is 2.89. The number of carbonyl (C=O) groups excluding carboxylic acids is 1. The number of methoxy groups -OCH3 is 1. The number of aromatic nitrogens is 1. The summed E-state index contributed by atoms with van der Waals surface area (Å²) in [7, 11) is 0.884. The second kappa shape index (κ2) is 5.45. The molecule has 0 fully saturated rings. The normalized spacial score (nSPS) is 11.8. The molecule has 0 radical (unpaired) electrons. The number of halogens is 6. The van der Waals surface area contributed by atoms with E-state index in [0.717, 1.165) is 7.11 Å². The molecular formula is C10H7F6NO2. The van der Waals surface area contributed by atoms with Crippen LogP contribution in [0.15, 0.2) is 6.07 Å². The summed E-state index contributed by atoms with van der Waals surface area (Å²) in [5.74, 6) is -2.86. The quantitative estimate of drug-likeness (QED) is 0.487. The molecule has 0 aromatic carbocycles. The first kappa shape index (κ1) is 15.3. The highest BCUT2D eigenvalue weighted by Crippen LogP contribution is 2.36. The van der Waals surface area contributed by atoms with Crippen molar-refractivity contribution in [3.8, 4) is 0 Å². The Bertz CT molecular complexity index is 486. The Balaban J connectivity index is 3.47. The van der Waals surface area contributed by atoms with E-state index >= 15 is 0 Å². The van der Waals surface area contributed by atoms with Gasteiger partial charge in [0.1, 0.15) is 5.69 Å². The van der Waals surface area contributed by atoms with Crippen molar-refractivity contribution in [1.82, 2.24) is 4.98 Å². The average Bonchev–Trinajstić information content (AvgIpc) is 2.28. The van der Waals surface area contributed by atoms with Crippen LogP contribution in [0.5, 0.6) is 0 Å². The van der Waals surface area contributed by atoms with Crippen LogP contribution in [0.2, 0.25) is 0 Å². The van der Waals surface area contributed by atoms with E-state index in [9.17, 15) is 31.1 Å². The summed E-state index contributed by atoms with van der Waals surface area (Å²) in [6.07, 6.45) is -9.61. The first-order chi connectivity index (χ1) is 8.66. The van der Waals surface area contributed by atoms with Crippen LogP contribution in [0, 0.1) is 5.95 Å². The molecule has 0 amide bonds. The lowest BCUT2D eigenvalue weighted by Gasteiger charge is -2.15. The Morgan fingerprint density at radius 3 is 2.42 bits per heavy atom. The molecule has 1 rings (SSSR count). The predicted molar refractivity (Wildman–Crippen MR) is 49.9 cm³/mol. The lowest BCUT2D eigenvalue weighted by molar-refractivity contribution is -0.141. The number of hydrogen-bond donors (Lipinski definition) is 0. The SMILES string of the molecule is COC(=O)Cc1c(C(F)(F)F)cc(F)nc1C(F)F. The van der Waals surface area contributed by atoms with Gasteiger partial charge in [-0.25, -0.2) is 13.8 Å². The zero-order chi connectivity index (χ0) is 14.8. The van der Waals surface area contributed by atoms with E-state index in [-0.39, 0.29) is 6.07 Å². The molecule has 0 aliphatic carbocycles. The Kier molecular flexibility index (Phi) is 4.38. The lowest BCUT2D eigenvalue weighted by Crippen LogP contribution is -2.18. The van der Waals surface area contributed by atoms with Crippen LogP contribution in [0.1, 0.15) is 23.2 Å². The van der Waals surface area contributed by atoms with Gasteiger partial charge in [-0.15, -0.1) is 0 Å². The fourth-order valence-electron chi connectivity index (χ4n) is 1.39. The molecule has 9 heteroatoms. The van der Waals surface area contributed by atoms with Crippen molar-refractivity contribution in [2.45, 2.75) is 19.0 Å². The number of carbonyl (C=O) groups is 1. The minimum Gasteiger partial charge on any atom is -0.469 e. The lowest BCUT2D eigenvalue weighted by atomic mass is 10.0. The summed E-state index contributed by atoms with van der Waals surface area (Å²) in [4.78, 5) is 13.7. The van der Waals surface area contributed by atoms with Gasteiger partial charge in [0.15, 0.2) is 0 Å². The van der Waals surface area contributed by atoms with Crippen molar-refractivity contribution in [2.24, 2.45) is 0 Å². The van der Waals surface area contributed by atoms with Gasteiger partial charge >= 0.3 is 12.1 Å². The first-order valence-corrected chi connectivity index (χ1v) is 4.78. The highest BCUT2D eigenvalue weighted by atomic mass is 19.4. The Labute approximate surface area is 103 Å². The molecule has 0 atom stereocenters. The van der Waals surface area contributed by atoms with E-state index in [2.05, 4.69) is 9.72 Å². The molecule has 1 aromatic heterocycles. The molecule has 0 N–H and O–H groups in total. The third kappa shape index (κ3) is 3.58. The maximum absolute atomic E-state index is 12.9. The van der Waals surface area contributed by atoms with Gasteiger partial charge in [-0.05, 0) is 0 Å². The molecule has 1 aromatic rings. The van der Waals surface area contributed by atoms with Crippen molar-refractivity contribution < 1.29 is 35.9 Å². The minimum absolute atomic E-state index is 0.0375. The van der Waals surface area contributed by atoms with Crippen LogP contribution in [-0.4, -0.2) is 18.1 Å². The third-order valence-electron chi connectivity index (χ3n) is 2.19. The molecule has 0 aliphatic rings. The van der Waals surface area contributed by atoms with Gasteiger partial charge < -0.3 is 4.74 Å². The number of ether oxygens (including phenoxy) is 1. The summed E-state index contributed by atoms with van der Waals surface area (Å²) in [6.45, 7) is 0. The maximum atomic E-state index is 12.9. The fraction of sp³-hybridized carbons (Fsp3) is 0.400. The van der Waals surface area contributed by atoms with Crippen molar-refractivity contribution in [2.75, 3.05) is 7.11 Å². The summed E-state index contributed by atoms with van der Waals surface area (Å²) in [6, 6.07) is -0.0375. The van der Waals surface area contributed by atoms with Crippen LogP contribution < -0.4 is 0 Å². The zero-order valence-electron chi connectivity index (χ0n) is 9.39. The molecule has 0 saturated carbocycles. The molecular weight excluding hydrogens is 280 g/mol. The molecule has 3 nitrogen and oxygen atoms in total. The molecule has 0 aliphatic heterocycles. The molecule has 1 heterocycles. The van der Waals surface area contributed by atoms with Crippen molar-refractivity contribution in [3.05, 3.63) is 28.8 Å². The van der Waals surface area contributed by atoms with E-state index in [4.69, 9.17) is 0 Å². The number of hydrogen-bond acceptors (Lipinski definition) is 3. The van der Waals surface area contributed by atoms with Gasteiger partial charge in [0, 0.05) is 11.6 Å². The van der Waals surface area contributed by atoms with E-state index in [1.807, 2.05) is 0 Å². The van der Waals surface area contributed by atoms with Crippen LogP contribution >= 0.6 is 0 Å². The number of nitrogens with zero attached hydrogens (tertiary/aromatic N) is 1. The second-order valence-electron chi connectivity index (χ2n) is 3.41. The zero-order valence-corrected chi connectivity index (χ0v) is 9.39. The Morgan fingerprint density at radius 1 is 1.42 bits per heavy atom. The first-order valence-electron chi connectivity index (χ1n) is 4.78. The van der Waals surface area contributed by atoms with Crippen LogP contribution in [0.4, 0.5) is 26.3 Å². The second-order valence-corrected chi connectivity index (χ2v) is 3.41. The molecule has 0 spiro atoms.